The Morgan fingerprint density at radius 3 is 2.46 bits per heavy atom. The summed E-state index contributed by atoms with van der Waals surface area (Å²) in [5, 5.41) is 0. The number of nitrogens with zero attached hydrogens (tertiary/aromatic N) is 3. The van der Waals surface area contributed by atoms with Gasteiger partial charge >= 0.3 is 0 Å². The Hall–Kier alpha value is -1.95. The highest BCUT2D eigenvalue weighted by molar-refractivity contribution is 5.94. The molecule has 1 aromatic heterocycles. The minimum Gasteiger partial charge on any atom is -0.381 e. The zero-order valence-corrected chi connectivity index (χ0v) is 15.2. The number of piperidine rings is 1. The van der Waals surface area contributed by atoms with E-state index in [1.54, 1.807) is 24.5 Å². The predicted octanol–water partition coefficient (Wildman–Crippen LogP) is 2.10. The molecule has 2 aliphatic heterocycles. The Morgan fingerprint density at radius 2 is 1.77 bits per heavy atom. The largest absolute Gasteiger partial charge is 0.381 e. The van der Waals surface area contributed by atoms with Crippen LogP contribution in [0.5, 0.6) is 0 Å². The number of carbonyl (C=O) groups excluding carboxylic acids is 2. The summed E-state index contributed by atoms with van der Waals surface area (Å²) >= 11 is 0. The van der Waals surface area contributed by atoms with E-state index in [0.29, 0.717) is 18.0 Å². The number of carbonyl (C=O) groups is 2. The summed E-state index contributed by atoms with van der Waals surface area (Å²) in [5.41, 5.74) is 0.673. The summed E-state index contributed by atoms with van der Waals surface area (Å²) in [6.45, 7) is 2.85. The Morgan fingerprint density at radius 1 is 1.04 bits per heavy atom. The lowest BCUT2D eigenvalue weighted by Gasteiger charge is -2.44. The molecule has 4 rings (SSSR count). The van der Waals surface area contributed by atoms with Crippen LogP contribution in [0.4, 0.5) is 0 Å². The lowest BCUT2D eigenvalue weighted by Crippen LogP contribution is -2.56. The van der Waals surface area contributed by atoms with Gasteiger partial charge in [-0.2, -0.15) is 0 Å². The highest BCUT2D eigenvalue weighted by Gasteiger charge is 2.41. The minimum absolute atomic E-state index is 0.0444. The maximum atomic E-state index is 13.0. The molecule has 1 aromatic rings. The van der Waals surface area contributed by atoms with E-state index in [1.165, 1.54) is 0 Å². The van der Waals surface area contributed by atoms with E-state index in [0.717, 1.165) is 58.3 Å². The van der Waals surface area contributed by atoms with Crippen LogP contribution in [0.3, 0.4) is 0 Å². The molecular weight excluding hydrogens is 330 g/mol. The van der Waals surface area contributed by atoms with Crippen molar-refractivity contribution in [3.05, 3.63) is 30.1 Å². The van der Waals surface area contributed by atoms with Crippen LogP contribution in [0.1, 0.15) is 48.9 Å². The monoisotopic (exact) mass is 357 g/mol. The van der Waals surface area contributed by atoms with Crippen molar-refractivity contribution in [1.82, 2.24) is 14.8 Å². The molecule has 3 heterocycles. The normalized spacial score (nSPS) is 24.3. The van der Waals surface area contributed by atoms with Crippen molar-refractivity contribution in [2.75, 3.05) is 26.3 Å². The molecule has 26 heavy (non-hydrogen) atoms. The third-order valence-corrected chi connectivity index (χ3v) is 5.77. The number of hydrogen-bond donors (Lipinski definition) is 0. The summed E-state index contributed by atoms with van der Waals surface area (Å²) in [6, 6.07) is 3.92. The van der Waals surface area contributed by atoms with Crippen molar-refractivity contribution in [3.8, 4) is 0 Å². The molecule has 0 radical (unpaired) electrons. The molecule has 0 aromatic carbocycles. The van der Waals surface area contributed by atoms with Crippen molar-refractivity contribution in [1.29, 1.82) is 0 Å². The van der Waals surface area contributed by atoms with Crippen molar-refractivity contribution in [3.63, 3.8) is 0 Å². The zero-order valence-electron chi connectivity index (χ0n) is 15.2. The highest BCUT2D eigenvalue weighted by Crippen LogP contribution is 2.35. The van der Waals surface area contributed by atoms with Gasteiger partial charge in [0.25, 0.3) is 5.91 Å². The van der Waals surface area contributed by atoms with Gasteiger partial charge in [-0.1, -0.05) is 0 Å². The van der Waals surface area contributed by atoms with Crippen LogP contribution in [0.25, 0.3) is 0 Å². The second-order valence-electron chi connectivity index (χ2n) is 7.65. The molecule has 6 nitrogen and oxygen atoms in total. The maximum absolute atomic E-state index is 13.0. The molecule has 2 amide bonds. The molecule has 0 bridgehead atoms. The van der Waals surface area contributed by atoms with Gasteiger partial charge in [0.15, 0.2) is 0 Å². The van der Waals surface area contributed by atoms with E-state index in [4.69, 9.17) is 4.74 Å². The van der Waals surface area contributed by atoms with Gasteiger partial charge in [0.2, 0.25) is 5.91 Å². The van der Waals surface area contributed by atoms with E-state index in [1.807, 2.05) is 4.90 Å². The van der Waals surface area contributed by atoms with E-state index in [-0.39, 0.29) is 23.9 Å². The molecule has 1 atom stereocenters. The number of pyridine rings is 1. The van der Waals surface area contributed by atoms with Gasteiger partial charge in [-0.05, 0) is 50.7 Å². The fourth-order valence-electron chi connectivity index (χ4n) is 4.21. The Kier molecular flexibility index (Phi) is 5.20. The van der Waals surface area contributed by atoms with Gasteiger partial charge in [-0.15, -0.1) is 0 Å². The molecule has 1 aliphatic carbocycles. The summed E-state index contributed by atoms with van der Waals surface area (Å²) in [7, 11) is 0. The van der Waals surface area contributed by atoms with E-state index >= 15 is 0 Å². The first kappa shape index (κ1) is 17.5. The van der Waals surface area contributed by atoms with Crippen LogP contribution >= 0.6 is 0 Å². The van der Waals surface area contributed by atoms with Crippen molar-refractivity contribution >= 4 is 11.8 Å². The van der Waals surface area contributed by atoms with Crippen LogP contribution in [-0.4, -0.2) is 65.0 Å². The topological polar surface area (TPSA) is 62.7 Å². The van der Waals surface area contributed by atoms with Gasteiger partial charge in [0.05, 0.1) is 0 Å². The number of hydrogen-bond acceptors (Lipinski definition) is 4. The third kappa shape index (κ3) is 3.75. The van der Waals surface area contributed by atoms with Gasteiger partial charge < -0.3 is 14.5 Å². The average Bonchev–Trinajstić information content (AvgIpc) is 3.55. The lowest BCUT2D eigenvalue weighted by atomic mass is 9.97. The number of ether oxygens (including phenoxy) is 1. The van der Waals surface area contributed by atoms with E-state index in [2.05, 4.69) is 9.88 Å². The summed E-state index contributed by atoms with van der Waals surface area (Å²) in [6.07, 6.45) is 9.09. The van der Waals surface area contributed by atoms with Crippen molar-refractivity contribution < 1.29 is 14.3 Å². The summed E-state index contributed by atoms with van der Waals surface area (Å²) in [5.74, 6) is 0.562. The minimum atomic E-state index is 0.0444. The Balaban J connectivity index is 1.50. The smallest absolute Gasteiger partial charge is 0.254 e. The van der Waals surface area contributed by atoms with Crippen LogP contribution < -0.4 is 0 Å². The molecule has 1 saturated carbocycles. The highest BCUT2D eigenvalue weighted by atomic mass is 16.5. The standard InChI is InChI=1S/C20H27N3O3/c24-19(16-5-9-21-10-6-16)22-11-1-2-18(14-22)23(20(25)15-3-4-15)17-7-12-26-13-8-17/h5-6,9-10,15,17-18H,1-4,7-8,11-14H2. The average molecular weight is 357 g/mol. The fraction of sp³-hybridized carbons (Fsp3) is 0.650. The SMILES string of the molecule is O=C(c1ccncc1)N1CCCC(N(C(=O)C2CC2)C2CCOCC2)C1. The molecule has 0 spiro atoms. The zero-order chi connectivity index (χ0) is 17.9. The predicted molar refractivity (Wildman–Crippen MR) is 96.6 cm³/mol. The van der Waals surface area contributed by atoms with Gasteiger partial charge in [0, 0.05) is 62.3 Å². The van der Waals surface area contributed by atoms with Crippen molar-refractivity contribution in [2.45, 2.75) is 50.6 Å². The van der Waals surface area contributed by atoms with Gasteiger partial charge in [0.1, 0.15) is 0 Å². The molecule has 2 saturated heterocycles. The molecule has 140 valence electrons. The van der Waals surface area contributed by atoms with Crippen LogP contribution in [0.2, 0.25) is 0 Å². The van der Waals surface area contributed by atoms with Gasteiger partial charge in [-0.25, -0.2) is 0 Å². The second-order valence-corrected chi connectivity index (χ2v) is 7.65. The number of likely N-dealkylation sites (tertiary alicyclic amines) is 1. The van der Waals surface area contributed by atoms with Crippen LogP contribution in [-0.2, 0) is 9.53 Å². The Labute approximate surface area is 154 Å². The molecule has 1 unspecified atom stereocenters. The molecule has 3 fully saturated rings. The molecule has 3 aliphatic rings. The maximum Gasteiger partial charge on any atom is 0.254 e. The fourth-order valence-corrected chi connectivity index (χ4v) is 4.21. The van der Waals surface area contributed by atoms with Crippen molar-refractivity contribution in [2.24, 2.45) is 5.92 Å². The number of aromatic nitrogens is 1. The quantitative estimate of drug-likeness (QED) is 0.828. The van der Waals surface area contributed by atoms with Gasteiger partial charge in [-0.3, -0.25) is 14.6 Å². The Bertz CT molecular complexity index is 641. The lowest BCUT2D eigenvalue weighted by molar-refractivity contribution is -0.141. The first-order valence-electron chi connectivity index (χ1n) is 9.83. The third-order valence-electron chi connectivity index (χ3n) is 5.77. The number of amides is 2. The number of rotatable bonds is 4. The first-order valence-corrected chi connectivity index (χ1v) is 9.83. The van der Waals surface area contributed by atoms with Crippen LogP contribution in [0.15, 0.2) is 24.5 Å². The first-order chi connectivity index (χ1) is 12.7. The molecule has 0 N–H and O–H groups in total. The van der Waals surface area contributed by atoms with E-state index < -0.39 is 0 Å². The van der Waals surface area contributed by atoms with Crippen LogP contribution in [0, 0.1) is 5.92 Å². The molecular formula is C20H27N3O3. The summed E-state index contributed by atoms with van der Waals surface area (Å²) < 4.78 is 5.50. The molecule has 6 heteroatoms. The summed E-state index contributed by atoms with van der Waals surface area (Å²) in [4.78, 5) is 33.9. The van der Waals surface area contributed by atoms with E-state index in [9.17, 15) is 9.59 Å². The second kappa shape index (κ2) is 7.74.